The van der Waals surface area contributed by atoms with Gasteiger partial charge in [-0.05, 0) is 25.1 Å². The minimum atomic E-state index is -4.71. The van der Waals surface area contributed by atoms with Crippen LogP contribution in [0.1, 0.15) is 6.92 Å². The van der Waals surface area contributed by atoms with E-state index in [0.717, 1.165) is 6.92 Å². The molecule has 0 radical (unpaired) electrons. The third-order valence-electron chi connectivity index (χ3n) is 2.00. The number of halogens is 2. The van der Waals surface area contributed by atoms with Crippen LogP contribution in [0.4, 0.5) is 0 Å². The van der Waals surface area contributed by atoms with Gasteiger partial charge in [-0.2, -0.15) is 0 Å². The smallest absolute Gasteiger partial charge is 0.776 e. The van der Waals surface area contributed by atoms with Crippen LogP contribution in [0.3, 0.4) is 0 Å². The Balaban J connectivity index is 0.00000361. The molecule has 0 saturated heterocycles. The van der Waals surface area contributed by atoms with E-state index in [4.69, 9.17) is 32.8 Å². The molecule has 0 aliphatic heterocycles. The minimum absolute atomic E-state index is 0. The molecule has 1 N–H and O–H groups in total. The third-order valence-corrected chi connectivity index (χ3v) is 3.56. The van der Waals surface area contributed by atoms with Crippen molar-refractivity contribution in [3.8, 4) is 5.75 Å². The van der Waals surface area contributed by atoms with Crippen molar-refractivity contribution >= 4 is 36.8 Å². The maximum atomic E-state index is 11.3. The van der Waals surface area contributed by atoms with Crippen molar-refractivity contribution in [2.24, 2.45) is 0 Å². The van der Waals surface area contributed by atoms with E-state index in [2.05, 4.69) is 4.74 Å². The van der Waals surface area contributed by atoms with Crippen molar-refractivity contribution < 1.29 is 47.5 Å². The standard InChI is InChI=1S/C10H11Cl2O6P.Li/c1-6(19(14,15)16)18-10(13)5-17-9-3-2-7(11)4-8(9)12;/h2-4,6H,5H2,1H3,(H2,14,15,16);/q;+1/p-1. The van der Waals surface area contributed by atoms with Gasteiger partial charge in [0.05, 0.1) is 5.02 Å². The molecule has 0 fully saturated rings. The first kappa shape index (κ1) is 19.8. The summed E-state index contributed by atoms with van der Waals surface area (Å²) in [5.41, 5.74) is 0. The number of rotatable bonds is 5. The molecule has 106 valence electrons. The van der Waals surface area contributed by atoms with Crippen molar-refractivity contribution in [2.75, 3.05) is 6.61 Å². The molecule has 1 aromatic rings. The van der Waals surface area contributed by atoms with Crippen molar-refractivity contribution in [1.29, 1.82) is 0 Å². The van der Waals surface area contributed by atoms with Crippen LogP contribution >= 0.6 is 30.8 Å². The topological polar surface area (TPSA) is 95.9 Å². The zero-order chi connectivity index (χ0) is 14.6. The molecular weight excluding hydrogens is 325 g/mol. The first-order chi connectivity index (χ1) is 8.70. The Hall–Kier alpha value is -0.183. The van der Waals surface area contributed by atoms with Gasteiger partial charge >= 0.3 is 24.8 Å². The minimum Gasteiger partial charge on any atom is -0.776 e. The predicted molar refractivity (Wildman–Crippen MR) is 67.3 cm³/mol. The molecule has 0 aliphatic carbocycles. The second-order valence-corrected chi connectivity index (χ2v) is 6.22. The summed E-state index contributed by atoms with van der Waals surface area (Å²) in [5.74, 6) is -2.39. The number of hydrogen-bond acceptors (Lipinski definition) is 5. The van der Waals surface area contributed by atoms with Gasteiger partial charge in [-0.3, -0.25) is 0 Å². The number of hydrogen-bond donors (Lipinski definition) is 1. The first-order valence-electron chi connectivity index (χ1n) is 5.01. The second-order valence-electron chi connectivity index (χ2n) is 3.52. The molecular formula is C10H10Cl2LiO6P. The molecule has 0 spiro atoms. The second kappa shape index (κ2) is 8.31. The van der Waals surface area contributed by atoms with Gasteiger partial charge < -0.3 is 23.8 Å². The van der Waals surface area contributed by atoms with Gasteiger partial charge in [0.15, 0.2) is 20.0 Å². The fourth-order valence-corrected chi connectivity index (χ4v) is 1.73. The van der Waals surface area contributed by atoms with Crippen LogP contribution in [0.5, 0.6) is 5.75 Å². The van der Waals surface area contributed by atoms with Gasteiger partial charge in [0.2, 0.25) is 0 Å². The number of carbonyl (C=O) groups excluding carboxylic acids is 1. The number of benzene rings is 1. The van der Waals surface area contributed by atoms with E-state index in [9.17, 15) is 14.3 Å². The van der Waals surface area contributed by atoms with Crippen LogP contribution in [-0.4, -0.2) is 23.3 Å². The monoisotopic (exact) mass is 334 g/mol. The van der Waals surface area contributed by atoms with Crippen LogP contribution < -0.4 is 28.5 Å². The molecule has 0 aromatic heterocycles. The quantitative estimate of drug-likeness (QED) is 0.413. The molecule has 2 unspecified atom stereocenters. The number of ether oxygens (including phenoxy) is 2. The van der Waals surface area contributed by atoms with Gasteiger partial charge in [-0.15, -0.1) is 0 Å². The Labute approximate surface area is 137 Å². The van der Waals surface area contributed by atoms with Gasteiger partial charge in [0.1, 0.15) is 5.75 Å². The van der Waals surface area contributed by atoms with E-state index in [-0.39, 0.29) is 29.6 Å². The third kappa shape index (κ3) is 6.51. The molecule has 0 aliphatic rings. The molecule has 0 heterocycles. The Morgan fingerprint density at radius 3 is 2.60 bits per heavy atom. The predicted octanol–water partition coefficient (Wildman–Crippen LogP) is -1.19. The largest absolute Gasteiger partial charge is 1.00 e. The molecule has 10 heteroatoms. The molecule has 2 atom stereocenters. The van der Waals surface area contributed by atoms with Crippen LogP contribution in [-0.2, 0) is 14.1 Å². The Kier molecular flexibility index (Phi) is 8.23. The Morgan fingerprint density at radius 2 is 2.10 bits per heavy atom. The summed E-state index contributed by atoms with van der Waals surface area (Å²) >= 11 is 11.5. The summed E-state index contributed by atoms with van der Waals surface area (Å²) in [7, 11) is -4.71. The molecule has 6 nitrogen and oxygen atoms in total. The molecule has 0 amide bonds. The van der Waals surface area contributed by atoms with E-state index < -0.39 is 26.0 Å². The zero-order valence-electron chi connectivity index (χ0n) is 10.7. The SMILES string of the molecule is CC(OC(=O)COc1ccc(Cl)cc1Cl)P(=O)([O-])O.[Li+]. The zero-order valence-corrected chi connectivity index (χ0v) is 13.1. The van der Waals surface area contributed by atoms with Crippen molar-refractivity contribution in [2.45, 2.75) is 12.8 Å². The van der Waals surface area contributed by atoms with Crippen LogP contribution in [0.25, 0.3) is 0 Å². The van der Waals surface area contributed by atoms with E-state index >= 15 is 0 Å². The Morgan fingerprint density at radius 1 is 1.50 bits per heavy atom. The average Bonchev–Trinajstić information content (AvgIpc) is 2.26. The van der Waals surface area contributed by atoms with Crippen molar-refractivity contribution in [3.63, 3.8) is 0 Å². The van der Waals surface area contributed by atoms with E-state index in [0.29, 0.717) is 5.02 Å². The Bertz CT molecular complexity index is 520. The maximum absolute atomic E-state index is 11.3. The average molecular weight is 335 g/mol. The summed E-state index contributed by atoms with van der Waals surface area (Å²) in [4.78, 5) is 30.6. The molecule has 20 heavy (non-hydrogen) atoms. The van der Waals surface area contributed by atoms with E-state index in [1.807, 2.05) is 0 Å². The molecule has 0 saturated carbocycles. The maximum Gasteiger partial charge on any atom is 1.00 e. The van der Waals surface area contributed by atoms with Gasteiger partial charge in [-0.25, -0.2) is 4.79 Å². The van der Waals surface area contributed by atoms with Crippen LogP contribution in [0.15, 0.2) is 18.2 Å². The fraction of sp³-hybridized carbons (Fsp3) is 0.300. The molecule has 1 rings (SSSR count). The summed E-state index contributed by atoms with van der Waals surface area (Å²) in [6.07, 6.45) is 0. The normalized spacial score (nSPS) is 14.7. The summed E-state index contributed by atoms with van der Waals surface area (Å²) < 4.78 is 20.1. The van der Waals surface area contributed by atoms with Crippen molar-refractivity contribution in [1.82, 2.24) is 0 Å². The van der Waals surface area contributed by atoms with Crippen LogP contribution in [0, 0.1) is 0 Å². The summed E-state index contributed by atoms with van der Waals surface area (Å²) in [5, 5.41) is 0.603. The molecule has 1 aromatic carbocycles. The number of carbonyl (C=O) groups is 1. The van der Waals surface area contributed by atoms with Crippen molar-refractivity contribution in [3.05, 3.63) is 28.2 Å². The van der Waals surface area contributed by atoms with Gasteiger partial charge in [-0.1, -0.05) is 23.2 Å². The van der Waals surface area contributed by atoms with E-state index in [1.54, 1.807) is 0 Å². The van der Waals surface area contributed by atoms with Gasteiger partial charge in [0, 0.05) is 5.02 Å². The fourth-order valence-electron chi connectivity index (χ4n) is 1.02. The molecule has 0 bridgehead atoms. The summed E-state index contributed by atoms with van der Waals surface area (Å²) in [6, 6.07) is 4.38. The van der Waals surface area contributed by atoms with Crippen LogP contribution in [0.2, 0.25) is 10.0 Å². The summed E-state index contributed by atoms with van der Waals surface area (Å²) in [6.45, 7) is 0.479. The van der Waals surface area contributed by atoms with E-state index in [1.165, 1.54) is 18.2 Å². The number of esters is 1. The first-order valence-corrected chi connectivity index (χ1v) is 7.41. The van der Waals surface area contributed by atoms with Gasteiger partial charge in [0.25, 0.3) is 0 Å².